The lowest BCUT2D eigenvalue weighted by Gasteiger charge is -2.35. The molecule has 0 aromatic heterocycles. The van der Waals surface area contributed by atoms with Crippen LogP contribution in [-0.2, 0) is 19.1 Å². The summed E-state index contributed by atoms with van der Waals surface area (Å²) in [5.74, 6) is -1.04. The lowest BCUT2D eigenvalue weighted by Crippen LogP contribution is -2.46. The van der Waals surface area contributed by atoms with E-state index in [1.54, 1.807) is 36.9 Å². The topological polar surface area (TPSA) is 68.2 Å². The van der Waals surface area contributed by atoms with Crippen molar-refractivity contribution in [2.24, 2.45) is 4.99 Å². The fourth-order valence-electron chi connectivity index (χ4n) is 2.94. The Kier molecular flexibility index (Phi) is 6.51. The number of halogens is 2. The van der Waals surface area contributed by atoms with Gasteiger partial charge in [0.1, 0.15) is 0 Å². The molecule has 2 aromatic rings. The van der Waals surface area contributed by atoms with Crippen LogP contribution in [0.5, 0.6) is 0 Å². The predicted molar refractivity (Wildman–Crippen MR) is 114 cm³/mol. The lowest BCUT2D eigenvalue weighted by atomic mass is 9.99. The number of hydrogen-bond donors (Lipinski definition) is 0. The van der Waals surface area contributed by atoms with Gasteiger partial charge in [0.05, 0.1) is 18.9 Å². The lowest BCUT2D eigenvalue weighted by molar-refractivity contribution is -0.144. The third-order valence-electron chi connectivity index (χ3n) is 4.07. The first-order valence-corrected chi connectivity index (χ1v) is 10.3. The highest BCUT2D eigenvalue weighted by Crippen LogP contribution is 2.40. The number of carbonyl (C=O) groups is 2. The fourth-order valence-corrected chi connectivity index (χ4v) is 3.58. The molecule has 0 aliphatic carbocycles. The van der Waals surface area contributed by atoms with Crippen LogP contribution in [0.3, 0.4) is 0 Å². The van der Waals surface area contributed by atoms with E-state index >= 15 is 0 Å². The molecule has 8 heteroatoms. The number of nitrogens with zero attached hydrogens (tertiary/aromatic N) is 2. The number of fused-ring (bicyclic) bond motifs is 1. The molecule has 0 bridgehead atoms. The number of amidine groups is 1. The Balaban J connectivity index is 2.23. The summed E-state index contributed by atoms with van der Waals surface area (Å²) in [6, 6.07) is 11.8. The Morgan fingerprint density at radius 2 is 1.64 bits per heavy atom. The van der Waals surface area contributed by atoms with E-state index in [1.807, 2.05) is 24.3 Å². The summed E-state index contributed by atoms with van der Waals surface area (Å²) in [6.45, 7) is 3.88. The standard InChI is InChI=1S/C20H18Br2N2O4/c1-3-27-19(25)17-15-11-13(22)7-10-16(15)23-18(20(26)28-4-2)24(17)14-8-5-12(21)6-9-14/h5-11,17H,3-4H2,1-2H3. The van der Waals surface area contributed by atoms with Crippen molar-refractivity contribution in [3.8, 4) is 0 Å². The van der Waals surface area contributed by atoms with Crippen LogP contribution in [0.15, 0.2) is 56.4 Å². The van der Waals surface area contributed by atoms with Gasteiger partial charge in [-0.1, -0.05) is 31.9 Å². The Hall–Kier alpha value is -2.19. The van der Waals surface area contributed by atoms with Gasteiger partial charge in [-0.15, -0.1) is 0 Å². The molecule has 0 saturated heterocycles. The molecule has 6 nitrogen and oxygen atoms in total. The average Bonchev–Trinajstić information content (AvgIpc) is 2.67. The molecule has 0 radical (unpaired) electrons. The van der Waals surface area contributed by atoms with E-state index in [2.05, 4.69) is 36.9 Å². The highest BCUT2D eigenvalue weighted by atomic mass is 79.9. The highest BCUT2D eigenvalue weighted by Gasteiger charge is 2.40. The SMILES string of the molecule is CCOC(=O)C1=Nc2ccc(Br)cc2C(C(=O)OCC)N1c1ccc(Br)cc1. The molecule has 0 saturated carbocycles. The van der Waals surface area contributed by atoms with Gasteiger partial charge in [0.15, 0.2) is 6.04 Å². The number of hydrogen-bond acceptors (Lipinski definition) is 6. The molecule has 0 fully saturated rings. The number of carbonyl (C=O) groups excluding carboxylic acids is 2. The molecule has 146 valence electrons. The maximum absolute atomic E-state index is 13.0. The largest absolute Gasteiger partial charge is 0.464 e. The summed E-state index contributed by atoms with van der Waals surface area (Å²) < 4.78 is 12.2. The first-order valence-electron chi connectivity index (χ1n) is 8.73. The highest BCUT2D eigenvalue weighted by molar-refractivity contribution is 9.10. The summed E-state index contributed by atoms with van der Waals surface area (Å²) in [4.78, 5) is 31.7. The second-order valence-corrected chi connectivity index (χ2v) is 7.69. The number of benzene rings is 2. The number of aliphatic imine (C=N–C) groups is 1. The van der Waals surface area contributed by atoms with Crippen molar-refractivity contribution >= 4 is 61.0 Å². The zero-order valence-corrected chi connectivity index (χ0v) is 18.5. The zero-order chi connectivity index (χ0) is 20.3. The summed E-state index contributed by atoms with van der Waals surface area (Å²) in [5, 5.41) is 0. The van der Waals surface area contributed by atoms with Gasteiger partial charge >= 0.3 is 11.9 Å². The first-order chi connectivity index (χ1) is 13.5. The van der Waals surface area contributed by atoms with Gasteiger partial charge in [-0.05, 0) is 56.3 Å². The van der Waals surface area contributed by atoms with E-state index in [-0.39, 0.29) is 19.0 Å². The summed E-state index contributed by atoms with van der Waals surface area (Å²) >= 11 is 6.85. The van der Waals surface area contributed by atoms with Crippen LogP contribution in [0.1, 0.15) is 25.5 Å². The van der Waals surface area contributed by atoms with E-state index in [9.17, 15) is 9.59 Å². The van der Waals surface area contributed by atoms with Gasteiger partial charge in [-0.25, -0.2) is 14.6 Å². The molecule has 1 heterocycles. The molecule has 0 amide bonds. The van der Waals surface area contributed by atoms with Gasteiger partial charge < -0.3 is 14.4 Å². The quantitative estimate of drug-likeness (QED) is 0.534. The van der Waals surface area contributed by atoms with Crippen LogP contribution < -0.4 is 4.90 Å². The van der Waals surface area contributed by atoms with Gasteiger partial charge in [0.2, 0.25) is 5.84 Å². The molecular formula is C20H18Br2N2O4. The number of ether oxygens (including phenoxy) is 2. The molecule has 3 rings (SSSR count). The summed E-state index contributed by atoms with van der Waals surface area (Å²) in [6.07, 6.45) is 0. The van der Waals surface area contributed by atoms with E-state index in [0.29, 0.717) is 16.9 Å². The summed E-state index contributed by atoms with van der Waals surface area (Å²) in [5.41, 5.74) is 1.79. The van der Waals surface area contributed by atoms with Crippen molar-refractivity contribution in [2.45, 2.75) is 19.9 Å². The summed E-state index contributed by atoms with van der Waals surface area (Å²) in [7, 11) is 0. The van der Waals surface area contributed by atoms with Crippen molar-refractivity contribution in [2.75, 3.05) is 18.1 Å². The van der Waals surface area contributed by atoms with E-state index in [0.717, 1.165) is 8.95 Å². The van der Waals surface area contributed by atoms with E-state index in [4.69, 9.17) is 9.47 Å². The smallest absolute Gasteiger partial charge is 0.374 e. The molecule has 1 atom stereocenters. The van der Waals surface area contributed by atoms with Gasteiger partial charge in [0, 0.05) is 20.2 Å². The molecule has 0 N–H and O–H groups in total. The Morgan fingerprint density at radius 3 is 2.29 bits per heavy atom. The molecule has 1 aliphatic heterocycles. The zero-order valence-electron chi connectivity index (χ0n) is 15.3. The van der Waals surface area contributed by atoms with Crippen molar-refractivity contribution < 1.29 is 19.1 Å². The maximum atomic E-state index is 13.0. The Morgan fingerprint density at radius 1 is 1.00 bits per heavy atom. The molecule has 1 unspecified atom stereocenters. The number of rotatable bonds is 5. The number of esters is 2. The normalized spacial score (nSPS) is 15.5. The van der Waals surface area contributed by atoms with Crippen molar-refractivity contribution in [3.05, 3.63) is 57.0 Å². The predicted octanol–water partition coefficient (Wildman–Crippen LogP) is 4.93. The Labute approximate surface area is 179 Å². The van der Waals surface area contributed by atoms with Crippen LogP contribution >= 0.6 is 31.9 Å². The first kappa shape index (κ1) is 20.5. The maximum Gasteiger partial charge on any atom is 0.374 e. The molecule has 2 aromatic carbocycles. The van der Waals surface area contributed by atoms with Crippen LogP contribution in [0.2, 0.25) is 0 Å². The second-order valence-electron chi connectivity index (χ2n) is 5.86. The second kappa shape index (κ2) is 8.87. The van der Waals surface area contributed by atoms with Gasteiger partial charge in [-0.2, -0.15) is 0 Å². The van der Waals surface area contributed by atoms with Crippen molar-refractivity contribution in [3.63, 3.8) is 0 Å². The minimum Gasteiger partial charge on any atom is -0.464 e. The van der Waals surface area contributed by atoms with Crippen molar-refractivity contribution in [1.29, 1.82) is 0 Å². The van der Waals surface area contributed by atoms with E-state index < -0.39 is 18.0 Å². The fraction of sp³-hybridized carbons (Fsp3) is 0.250. The third-order valence-corrected chi connectivity index (χ3v) is 5.09. The molecule has 1 aliphatic rings. The molecule has 28 heavy (non-hydrogen) atoms. The van der Waals surface area contributed by atoms with Crippen LogP contribution in [0.4, 0.5) is 11.4 Å². The van der Waals surface area contributed by atoms with Crippen LogP contribution in [0.25, 0.3) is 0 Å². The minimum absolute atomic E-state index is 0.0389. The third kappa shape index (κ3) is 4.12. The monoisotopic (exact) mass is 508 g/mol. The molecular weight excluding hydrogens is 492 g/mol. The minimum atomic E-state index is -0.870. The Bertz CT molecular complexity index is 928. The average molecular weight is 510 g/mol. The van der Waals surface area contributed by atoms with Crippen molar-refractivity contribution in [1.82, 2.24) is 0 Å². The molecule has 0 spiro atoms. The number of anilines is 1. The van der Waals surface area contributed by atoms with E-state index in [1.165, 1.54) is 0 Å². The van der Waals surface area contributed by atoms with Crippen LogP contribution in [0, 0.1) is 0 Å². The van der Waals surface area contributed by atoms with Gasteiger partial charge in [-0.3, -0.25) is 0 Å². The van der Waals surface area contributed by atoms with Crippen LogP contribution in [-0.4, -0.2) is 31.0 Å². The van der Waals surface area contributed by atoms with Gasteiger partial charge in [0.25, 0.3) is 0 Å².